The van der Waals surface area contributed by atoms with E-state index in [0.29, 0.717) is 0 Å². The Balaban J connectivity index is 0.00000133. The first-order valence-corrected chi connectivity index (χ1v) is 6.27. The highest BCUT2D eigenvalue weighted by Crippen LogP contribution is 2.18. The molecule has 1 aromatic heterocycles. The Bertz CT molecular complexity index is 631. The first-order chi connectivity index (χ1) is 8.93. The van der Waals surface area contributed by atoms with Crippen molar-refractivity contribution in [3.05, 3.63) is 66.4 Å². The Morgan fingerprint density at radius 2 is 1.63 bits per heavy atom. The summed E-state index contributed by atoms with van der Waals surface area (Å²) in [5.74, 6) is 0. The number of fused-ring (bicyclic) bond motifs is 1. The molecule has 0 aliphatic carbocycles. The number of aromatic nitrogens is 1. The van der Waals surface area contributed by atoms with Crippen molar-refractivity contribution in [2.75, 3.05) is 11.9 Å². The fourth-order valence-electron chi connectivity index (χ4n) is 2.24. The predicted octanol–water partition coefficient (Wildman–Crippen LogP) is 4.24. The van der Waals surface area contributed by atoms with Gasteiger partial charge >= 0.3 is 0 Å². The summed E-state index contributed by atoms with van der Waals surface area (Å²) in [6.45, 7) is 0.950. The molecule has 2 nitrogen and oxygen atoms in total. The lowest BCUT2D eigenvalue weighted by Crippen LogP contribution is -2.04. The normalized spacial score (nSPS) is 10.1. The molecule has 0 bridgehead atoms. The van der Waals surface area contributed by atoms with E-state index >= 15 is 0 Å². The third-order valence-electron chi connectivity index (χ3n) is 3.17. The minimum atomic E-state index is 0. The van der Waals surface area contributed by atoms with E-state index < -0.39 is 0 Å². The van der Waals surface area contributed by atoms with Gasteiger partial charge in [-0.25, -0.2) is 0 Å². The van der Waals surface area contributed by atoms with Crippen LogP contribution < -0.4 is 5.32 Å². The Morgan fingerprint density at radius 3 is 2.47 bits per heavy atom. The SMILES string of the molecule is Cl.c1ccc(NCCc2c[nH]c3ccccc23)cc1. The molecule has 0 unspecified atom stereocenters. The molecule has 1 heterocycles. The smallest absolute Gasteiger partial charge is 0.0456 e. The molecule has 2 N–H and O–H groups in total. The lowest BCUT2D eigenvalue weighted by Gasteiger charge is -2.05. The second-order valence-corrected chi connectivity index (χ2v) is 4.40. The number of hydrogen-bond acceptors (Lipinski definition) is 1. The second-order valence-electron chi connectivity index (χ2n) is 4.40. The Morgan fingerprint density at radius 1 is 0.895 bits per heavy atom. The quantitative estimate of drug-likeness (QED) is 0.730. The van der Waals surface area contributed by atoms with Crippen molar-refractivity contribution in [2.45, 2.75) is 6.42 Å². The Labute approximate surface area is 119 Å². The summed E-state index contributed by atoms with van der Waals surface area (Å²) >= 11 is 0. The first kappa shape index (κ1) is 13.5. The Hall–Kier alpha value is -1.93. The molecule has 0 spiro atoms. The van der Waals surface area contributed by atoms with E-state index in [2.05, 4.69) is 52.9 Å². The van der Waals surface area contributed by atoms with Gasteiger partial charge in [-0.3, -0.25) is 0 Å². The molecule has 0 radical (unpaired) electrons. The average Bonchev–Trinajstić information content (AvgIpc) is 2.84. The number of nitrogens with one attached hydrogen (secondary N) is 2. The summed E-state index contributed by atoms with van der Waals surface area (Å²) in [5.41, 5.74) is 3.76. The number of anilines is 1. The summed E-state index contributed by atoms with van der Waals surface area (Å²) < 4.78 is 0. The molecule has 0 amide bonds. The lowest BCUT2D eigenvalue weighted by atomic mass is 10.1. The minimum Gasteiger partial charge on any atom is -0.385 e. The van der Waals surface area contributed by atoms with Crippen LogP contribution in [0.5, 0.6) is 0 Å². The average molecular weight is 273 g/mol. The molecule has 0 aliphatic heterocycles. The van der Waals surface area contributed by atoms with Crippen LogP contribution in [0.3, 0.4) is 0 Å². The van der Waals surface area contributed by atoms with Crippen molar-refractivity contribution in [1.82, 2.24) is 4.98 Å². The van der Waals surface area contributed by atoms with Crippen LogP contribution in [-0.4, -0.2) is 11.5 Å². The molecule has 19 heavy (non-hydrogen) atoms. The summed E-state index contributed by atoms with van der Waals surface area (Å²) in [6.07, 6.45) is 3.14. The van der Waals surface area contributed by atoms with Crippen LogP contribution >= 0.6 is 12.4 Å². The van der Waals surface area contributed by atoms with Crippen molar-refractivity contribution in [3.63, 3.8) is 0 Å². The summed E-state index contributed by atoms with van der Waals surface area (Å²) in [7, 11) is 0. The lowest BCUT2D eigenvalue weighted by molar-refractivity contribution is 1.03. The molecule has 0 saturated carbocycles. The summed E-state index contributed by atoms with van der Waals surface area (Å²) in [4.78, 5) is 3.31. The maximum atomic E-state index is 3.43. The first-order valence-electron chi connectivity index (χ1n) is 6.27. The number of H-pyrrole nitrogens is 1. The van der Waals surface area contributed by atoms with Crippen LogP contribution in [0.25, 0.3) is 10.9 Å². The number of hydrogen-bond donors (Lipinski definition) is 2. The standard InChI is InChI=1S/C16H16N2.ClH/c1-2-6-14(7-3-1)17-11-10-13-12-18-16-9-5-4-8-15(13)16;/h1-9,12,17-18H,10-11H2;1H. The van der Waals surface area contributed by atoms with Crippen molar-refractivity contribution in [2.24, 2.45) is 0 Å². The second kappa shape index (κ2) is 6.30. The van der Waals surface area contributed by atoms with Gasteiger partial charge in [0.2, 0.25) is 0 Å². The van der Waals surface area contributed by atoms with E-state index in [1.807, 2.05) is 18.2 Å². The zero-order valence-corrected chi connectivity index (χ0v) is 11.4. The molecule has 2 aromatic carbocycles. The number of aromatic amines is 1. The zero-order chi connectivity index (χ0) is 12.2. The largest absolute Gasteiger partial charge is 0.385 e. The Kier molecular flexibility index (Phi) is 4.48. The van der Waals surface area contributed by atoms with Gasteiger partial charge in [-0.2, -0.15) is 0 Å². The number of para-hydroxylation sites is 2. The molecular formula is C16H17ClN2. The molecule has 0 saturated heterocycles. The highest BCUT2D eigenvalue weighted by Gasteiger charge is 2.01. The van der Waals surface area contributed by atoms with Crippen LogP contribution in [0.4, 0.5) is 5.69 Å². The van der Waals surface area contributed by atoms with Gasteiger partial charge in [-0.05, 0) is 30.2 Å². The van der Waals surface area contributed by atoms with Gasteiger partial charge in [-0.1, -0.05) is 36.4 Å². The van der Waals surface area contributed by atoms with Gasteiger partial charge < -0.3 is 10.3 Å². The summed E-state index contributed by atoms with van der Waals surface area (Å²) in [5, 5.41) is 4.76. The fraction of sp³-hybridized carbons (Fsp3) is 0.125. The molecule has 0 fully saturated rings. The highest BCUT2D eigenvalue weighted by atomic mass is 35.5. The summed E-state index contributed by atoms with van der Waals surface area (Å²) in [6, 6.07) is 18.7. The maximum Gasteiger partial charge on any atom is 0.0456 e. The zero-order valence-electron chi connectivity index (χ0n) is 10.6. The molecule has 0 atom stereocenters. The fourth-order valence-corrected chi connectivity index (χ4v) is 2.24. The van der Waals surface area contributed by atoms with E-state index in [9.17, 15) is 0 Å². The number of benzene rings is 2. The highest BCUT2D eigenvalue weighted by molar-refractivity contribution is 5.85. The van der Waals surface area contributed by atoms with Crippen LogP contribution in [0.1, 0.15) is 5.56 Å². The molecule has 3 heteroatoms. The predicted molar refractivity (Wildman–Crippen MR) is 84.2 cm³/mol. The van der Waals surface area contributed by atoms with E-state index in [1.165, 1.54) is 22.2 Å². The minimum absolute atomic E-state index is 0. The van der Waals surface area contributed by atoms with Crippen LogP contribution in [0.15, 0.2) is 60.8 Å². The van der Waals surface area contributed by atoms with Crippen LogP contribution in [0.2, 0.25) is 0 Å². The maximum absolute atomic E-state index is 3.43. The van der Waals surface area contributed by atoms with Gasteiger partial charge in [0, 0.05) is 29.3 Å². The van der Waals surface area contributed by atoms with E-state index in [1.54, 1.807) is 0 Å². The van der Waals surface area contributed by atoms with E-state index in [0.717, 1.165) is 13.0 Å². The number of halogens is 1. The van der Waals surface area contributed by atoms with Gasteiger partial charge in [0.15, 0.2) is 0 Å². The molecule has 3 aromatic rings. The van der Waals surface area contributed by atoms with Gasteiger partial charge in [0.05, 0.1) is 0 Å². The van der Waals surface area contributed by atoms with E-state index in [4.69, 9.17) is 0 Å². The van der Waals surface area contributed by atoms with Crippen LogP contribution in [0, 0.1) is 0 Å². The number of rotatable bonds is 4. The van der Waals surface area contributed by atoms with Crippen LogP contribution in [-0.2, 0) is 6.42 Å². The van der Waals surface area contributed by atoms with Crippen molar-refractivity contribution in [3.8, 4) is 0 Å². The molecular weight excluding hydrogens is 256 g/mol. The van der Waals surface area contributed by atoms with Gasteiger partial charge in [0.25, 0.3) is 0 Å². The molecule has 0 aliphatic rings. The van der Waals surface area contributed by atoms with Gasteiger partial charge in [-0.15, -0.1) is 12.4 Å². The third-order valence-corrected chi connectivity index (χ3v) is 3.17. The molecule has 3 rings (SSSR count). The topological polar surface area (TPSA) is 27.8 Å². The van der Waals surface area contributed by atoms with Crippen molar-refractivity contribution >= 4 is 29.0 Å². The monoisotopic (exact) mass is 272 g/mol. The third kappa shape index (κ3) is 3.09. The van der Waals surface area contributed by atoms with Gasteiger partial charge in [0.1, 0.15) is 0 Å². The van der Waals surface area contributed by atoms with E-state index in [-0.39, 0.29) is 12.4 Å². The van der Waals surface area contributed by atoms with Crippen molar-refractivity contribution in [1.29, 1.82) is 0 Å². The van der Waals surface area contributed by atoms with Crippen molar-refractivity contribution < 1.29 is 0 Å². The molecule has 98 valence electrons.